The van der Waals surface area contributed by atoms with E-state index in [1.165, 1.54) is 10.4 Å². The van der Waals surface area contributed by atoms with Crippen molar-refractivity contribution >= 4 is 15.7 Å². The van der Waals surface area contributed by atoms with E-state index in [0.29, 0.717) is 6.42 Å². The molecule has 19 heavy (non-hydrogen) atoms. The van der Waals surface area contributed by atoms with Crippen LogP contribution in [0.3, 0.4) is 0 Å². The van der Waals surface area contributed by atoms with Gasteiger partial charge >= 0.3 is 0 Å². The van der Waals surface area contributed by atoms with Crippen LogP contribution in [0.1, 0.15) is 25.3 Å². The Morgan fingerprint density at radius 3 is 2.58 bits per heavy atom. The minimum Gasteiger partial charge on any atom is -0.398 e. The molecule has 6 heteroatoms. The summed E-state index contributed by atoms with van der Waals surface area (Å²) in [6.07, 6.45) is 1.44. The monoisotopic (exact) mass is 284 g/mol. The zero-order valence-corrected chi connectivity index (χ0v) is 12.1. The van der Waals surface area contributed by atoms with Crippen molar-refractivity contribution in [3.63, 3.8) is 0 Å². The number of anilines is 1. The molecule has 5 nitrogen and oxygen atoms in total. The van der Waals surface area contributed by atoms with Gasteiger partial charge in [0.2, 0.25) is 10.0 Å². The number of sulfonamides is 1. The van der Waals surface area contributed by atoms with Crippen molar-refractivity contribution in [3.05, 3.63) is 23.8 Å². The van der Waals surface area contributed by atoms with Gasteiger partial charge in [0.05, 0.1) is 11.3 Å². The summed E-state index contributed by atoms with van der Waals surface area (Å²) in [5.41, 5.74) is 6.08. The second-order valence-corrected chi connectivity index (χ2v) is 7.20. The van der Waals surface area contributed by atoms with Crippen molar-refractivity contribution in [2.75, 3.05) is 18.8 Å². The molecule has 1 fully saturated rings. The van der Waals surface area contributed by atoms with Gasteiger partial charge in [-0.15, -0.1) is 0 Å². The van der Waals surface area contributed by atoms with Crippen LogP contribution in [-0.4, -0.2) is 36.5 Å². The van der Waals surface area contributed by atoms with E-state index in [-0.39, 0.29) is 23.7 Å². The second-order valence-electron chi connectivity index (χ2n) is 5.29. The quantitative estimate of drug-likeness (QED) is 0.811. The molecule has 1 aromatic carbocycles. The van der Waals surface area contributed by atoms with Crippen LogP contribution in [0.25, 0.3) is 0 Å². The molecule has 0 aromatic heterocycles. The summed E-state index contributed by atoms with van der Waals surface area (Å²) in [5, 5.41) is 10.1. The number of hydrogen-bond donors (Lipinski definition) is 2. The van der Waals surface area contributed by atoms with Gasteiger partial charge in [-0.05, 0) is 31.0 Å². The van der Waals surface area contributed by atoms with Crippen LogP contribution in [0.4, 0.5) is 5.69 Å². The molecule has 0 unspecified atom stereocenters. The summed E-state index contributed by atoms with van der Waals surface area (Å²) in [4.78, 5) is 0.122. The molecule has 0 spiro atoms. The molecule has 0 amide bonds. The van der Waals surface area contributed by atoms with Crippen LogP contribution in [0.15, 0.2) is 23.1 Å². The Hall–Kier alpha value is -1.11. The van der Waals surface area contributed by atoms with E-state index in [0.717, 1.165) is 12.0 Å². The summed E-state index contributed by atoms with van der Waals surface area (Å²) in [5.74, 6) is 0. The third-order valence-electron chi connectivity index (χ3n) is 3.44. The number of β-amino-alcohol motifs (C(OH)–C–C–N with tert-alkyl or cyclic N) is 1. The van der Waals surface area contributed by atoms with E-state index >= 15 is 0 Å². The van der Waals surface area contributed by atoms with E-state index in [4.69, 9.17) is 5.73 Å². The van der Waals surface area contributed by atoms with E-state index in [2.05, 4.69) is 0 Å². The largest absolute Gasteiger partial charge is 0.398 e. The highest BCUT2D eigenvalue weighted by molar-refractivity contribution is 7.89. The molecule has 1 aliphatic heterocycles. The third-order valence-corrected chi connectivity index (χ3v) is 5.31. The molecule has 1 heterocycles. The SMILES string of the molecule is CCCC1(O)CN(S(=O)(=O)c2ccc(C)cc2N)C1. The fourth-order valence-electron chi connectivity index (χ4n) is 2.45. The molecule has 1 saturated heterocycles. The maximum absolute atomic E-state index is 12.4. The van der Waals surface area contributed by atoms with Crippen molar-refractivity contribution in [3.8, 4) is 0 Å². The standard InChI is InChI=1S/C13H20N2O3S/c1-3-6-13(16)8-15(9-13)19(17,18)12-5-4-10(2)7-11(12)14/h4-5,7,16H,3,6,8-9,14H2,1-2H3. The van der Waals surface area contributed by atoms with Crippen LogP contribution in [0.2, 0.25) is 0 Å². The number of hydrogen-bond acceptors (Lipinski definition) is 4. The number of aryl methyl sites for hydroxylation is 1. The fourth-order valence-corrected chi connectivity index (χ4v) is 4.14. The predicted molar refractivity (Wildman–Crippen MR) is 74.2 cm³/mol. The number of nitrogens with zero attached hydrogens (tertiary/aromatic N) is 1. The molecular weight excluding hydrogens is 264 g/mol. The Morgan fingerprint density at radius 1 is 1.42 bits per heavy atom. The van der Waals surface area contributed by atoms with E-state index in [1.54, 1.807) is 12.1 Å². The van der Waals surface area contributed by atoms with Gasteiger partial charge in [-0.1, -0.05) is 19.4 Å². The van der Waals surface area contributed by atoms with E-state index in [1.807, 2.05) is 13.8 Å². The average molecular weight is 284 g/mol. The highest BCUT2D eigenvalue weighted by Crippen LogP contribution is 2.33. The van der Waals surface area contributed by atoms with Gasteiger partial charge in [-0.3, -0.25) is 0 Å². The second kappa shape index (κ2) is 4.77. The van der Waals surface area contributed by atoms with E-state index in [9.17, 15) is 13.5 Å². The molecule has 0 atom stereocenters. The first-order valence-electron chi connectivity index (χ1n) is 6.37. The van der Waals surface area contributed by atoms with Gasteiger partial charge in [0.1, 0.15) is 4.90 Å². The third kappa shape index (κ3) is 2.61. The van der Waals surface area contributed by atoms with E-state index < -0.39 is 15.6 Å². The fraction of sp³-hybridized carbons (Fsp3) is 0.538. The topological polar surface area (TPSA) is 83.6 Å². The first-order valence-corrected chi connectivity index (χ1v) is 7.81. The van der Waals surface area contributed by atoms with Crippen LogP contribution in [0.5, 0.6) is 0 Å². The van der Waals surface area contributed by atoms with Gasteiger partial charge in [-0.25, -0.2) is 8.42 Å². The highest BCUT2D eigenvalue weighted by Gasteiger charge is 2.46. The Balaban J connectivity index is 2.21. The van der Waals surface area contributed by atoms with Crippen molar-refractivity contribution in [2.24, 2.45) is 0 Å². The Labute approximate surface area is 114 Å². The Morgan fingerprint density at radius 2 is 2.05 bits per heavy atom. The summed E-state index contributed by atoms with van der Waals surface area (Å²) in [6.45, 7) is 4.12. The van der Waals surface area contributed by atoms with Gasteiger partial charge < -0.3 is 10.8 Å². The molecule has 1 aromatic rings. The molecule has 0 aliphatic carbocycles. The molecule has 1 aliphatic rings. The van der Waals surface area contributed by atoms with Crippen molar-refractivity contribution in [2.45, 2.75) is 37.2 Å². The smallest absolute Gasteiger partial charge is 0.245 e. The van der Waals surface area contributed by atoms with Crippen LogP contribution < -0.4 is 5.73 Å². The molecule has 0 saturated carbocycles. The number of benzene rings is 1. The van der Waals surface area contributed by atoms with Gasteiger partial charge in [-0.2, -0.15) is 4.31 Å². The van der Waals surface area contributed by atoms with Crippen molar-refractivity contribution in [1.82, 2.24) is 4.31 Å². The zero-order chi connectivity index (χ0) is 14.3. The lowest BCUT2D eigenvalue weighted by Crippen LogP contribution is -2.63. The first kappa shape index (κ1) is 14.3. The summed E-state index contributed by atoms with van der Waals surface area (Å²) < 4.78 is 26.0. The van der Waals surface area contributed by atoms with Crippen molar-refractivity contribution < 1.29 is 13.5 Å². The molecule has 3 N–H and O–H groups in total. The van der Waals surface area contributed by atoms with Gasteiger partial charge in [0.15, 0.2) is 0 Å². The number of nitrogen functional groups attached to an aromatic ring is 1. The molecule has 0 radical (unpaired) electrons. The molecule has 2 rings (SSSR count). The zero-order valence-electron chi connectivity index (χ0n) is 11.3. The minimum atomic E-state index is -3.59. The van der Waals surface area contributed by atoms with Gasteiger partial charge in [0.25, 0.3) is 0 Å². The lowest BCUT2D eigenvalue weighted by atomic mass is 9.92. The lowest BCUT2D eigenvalue weighted by molar-refractivity contribution is -0.0653. The molecule has 106 valence electrons. The number of rotatable bonds is 4. The molecule has 0 bridgehead atoms. The molecular formula is C13H20N2O3S. The number of aliphatic hydroxyl groups is 1. The predicted octanol–water partition coefficient (Wildman–Crippen LogP) is 1.11. The summed E-state index contributed by atoms with van der Waals surface area (Å²) in [7, 11) is -3.59. The van der Waals surface area contributed by atoms with Crippen molar-refractivity contribution in [1.29, 1.82) is 0 Å². The van der Waals surface area contributed by atoms with Crippen LogP contribution >= 0.6 is 0 Å². The van der Waals surface area contributed by atoms with Gasteiger partial charge in [0, 0.05) is 13.1 Å². The number of nitrogens with two attached hydrogens (primary N) is 1. The van der Waals surface area contributed by atoms with Crippen LogP contribution in [-0.2, 0) is 10.0 Å². The highest BCUT2D eigenvalue weighted by atomic mass is 32.2. The normalized spacial score (nSPS) is 19.1. The Bertz CT molecular complexity index is 578. The lowest BCUT2D eigenvalue weighted by Gasteiger charge is -2.45. The minimum absolute atomic E-state index is 0.122. The summed E-state index contributed by atoms with van der Waals surface area (Å²) in [6, 6.07) is 4.89. The summed E-state index contributed by atoms with van der Waals surface area (Å²) >= 11 is 0. The maximum atomic E-state index is 12.4. The average Bonchev–Trinajstić information content (AvgIpc) is 2.25. The Kier molecular flexibility index (Phi) is 3.59. The first-order chi connectivity index (χ1) is 8.78. The van der Waals surface area contributed by atoms with Crippen LogP contribution in [0, 0.1) is 6.92 Å². The maximum Gasteiger partial charge on any atom is 0.245 e.